The van der Waals surface area contributed by atoms with Gasteiger partial charge >= 0.3 is 0 Å². The van der Waals surface area contributed by atoms with Gasteiger partial charge in [0.05, 0.1) is 5.56 Å². The number of nitrogens with zero attached hydrogens (tertiary/aromatic N) is 1. The third-order valence-electron chi connectivity index (χ3n) is 4.36. The molecule has 0 aliphatic carbocycles. The van der Waals surface area contributed by atoms with E-state index in [4.69, 9.17) is 0 Å². The van der Waals surface area contributed by atoms with Crippen LogP contribution in [0.2, 0.25) is 0 Å². The molecule has 0 saturated heterocycles. The molecule has 4 nitrogen and oxygen atoms in total. The van der Waals surface area contributed by atoms with Crippen molar-refractivity contribution in [2.24, 2.45) is 7.05 Å². The minimum Gasteiger partial charge on any atom is -0.350 e. The molecule has 3 aromatic rings. The highest BCUT2D eigenvalue weighted by Crippen LogP contribution is 2.24. The molecule has 0 atom stereocenters. The Kier molecular flexibility index (Phi) is 4.21. The van der Waals surface area contributed by atoms with Crippen LogP contribution in [0.3, 0.4) is 0 Å². The molecule has 4 heteroatoms. The highest BCUT2D eigenvalue weighted by atomic mass is 16.2. The van der Waals surface area contributed by atoms with E-state index in [-0.39, 0.29) is 5.41 Å². The number of hydrogen-bond donors (Lipinski definition) is 1. The van der Waals surface area contributed by atoms with Crippen molar-refractivity contribution >= 4 is 28.3 Å². The Morgan fingerprint density at radius 1 is 0.960 bits per heavy atom. The fraction of sp³-hybridized carbons (Fsp3) is 0.238. The molecule has 0 unspecified atom stereocenters. The first-order valence-electron chi connectivity index (χ1n) is 8.27. The van der Waals surface area contributed by atoms with Gasteiger partial charge in [-0.1, -0.05) is 51.1 Å². The number of Topliss-reactive ketones (excluding diaryl/α,β-unsaturated/α-hetero) is 1. The maximum atomic E-state index is 12.6. The Balaban J connectivity index is 1.82. The standard InChI is InChI=1S/C21H22N2O2/c1-21(2,3)14-9-11-15(12-10-14)22-20(25)19(24)17-13-23(4)18-8-6-5-7-16(17)18/h5-13H,1-4H3,(H,22,25). The van der Waals surface area contributed by atoms with Crippen LogP contribution >= 0.6 is 0 Å². The van der Waals surface area contributed by atoms with Crippen molar-refractivity contribution in [3.05, 3.63) is 65.9 Å². The van der Waals surface area contributed by atoms with E-state index in [2.05, 4.69) is 26.1 Å². The average Bonchev–Trinajstić information content (AvgIpc) is 2.91. The lowest BCUT2D eigenvalue weighted by Gasteiger charge is -2.19. The van der Waals surface area contributed by atoms with Gasteiger partial charge in [0, 0.05) is 29.8 Å². The maximum absolute atomic E-state index is 12.6. The third kappa shape index (κ3) is 3.33. The number of amides is 1. The van der Waals surface area contributed by atoms with Crippen LogP contribution < -0.4 is 5.32 Å². The molecule has 0 aliphatic heterocycles. The lowest BCUT2D eigenvalue weighted by Crippen LogP contribution is -2.22. The molecule has 0 aliphatic rings. The number of fused-ring (bicyclic) bond motifs is 1. The summed E-state index contributed by atoms with van der Waals surface area (Å²) in [7, 11) is 1.86. The summed E-state index contributed by atoms with van der Waals surface area (Å²) in [5.74, 6) is -1.16. The van der Waals surface area contributed by atoms with Crippen LogP contribution in [0.4, 0.5) is 5.69 Å². The number of nitrogens with one attached hydrogen (secondary N) is 1. The number of ketones is 1. The van der Waals surface area contributed by atoms with Crippen molar-refractivity contribution in [3.63, 3.8) is 0 Å². The van der Waals surface area contributed by atoms with Gasteiger partial charge in [0.25, 0.3) is 11.7 Å². The second kappa shape index (κ2) is 6.20. The number of anilines is 1. The first-order valence-corrected chi connectivity index (χ1v) is 8.27. The van der Waals surface area contributed by atoms with E-state index in [1.807, 2.05) is 60.1 Å². The highest BCUT2D eigenvalue weighted by molar-refractivity contribution is 6.48. The van der Waals surface area contributed by atoms with E-state index >= 15 is 0 Å². The number of rotatable bonds is 3. The zero-order valence-corrected chi connectivity index (χ0v) is 15.0. The lowest BCUT2D eigenvalue weighted by atomic mass is 9.87. The maximum Gasteiger partial charge on any atom is 0.296 e. The van der Waals surface area contributed by atoms with Gasteiger partial charge in [-0.15, -0.1) is 0 Å². The fourth-order valence-corrected chi connectivity index (χ4v) is 2.89. The number of hydrogen-bond acceptors (Lipinski definition) is 2. The van der Waals surface area contributed by atoms with E-state index in [0.717, 1.165) is 10.9 Å². The predicted octanol–water partition coefficient (Wildman–Crippen LogP) is 4.30. The number of carbonyl (C=O) groups excluding carboxylic acids is 2. The summed E-state index contributed by atoms with van der Waals surface area (Å²) in [4.78, 5) is 25.0. The van der Waals surface area contributed by atoms with Crippen LogP contribution in [-0.2, 0) is 17.3 Å². The largest absolute Gasteiger partial charge is 0.350 e. The highest BCUT2D eigenvalue weighted by Gasteiger charge is 2.21. The van der Waals surface area contributed by atoms with Gasteiger partial charge in [-0.25, -0.2) is 0 Å². The van der Waals surface area contributed by atoms with Crippen LogP contribution in [0, 0.1) is 0 Å². The van der Waals surface area contributed by atoms with Crippen molar-refractivity contribution in [1.29, 1.82) is 0 Å². The van der Waals surface area contributed by atoms with Gasteiger partial charge in [-0.3, -0.25) is 9.59 Å². The zero-order chi connectivity index (χ0) is 18.2. The van der Waals surface area contributed by atoms with E-state index in [1.54, 1.807) is 6.20 Å². The molecule has 25 heavy (non-hydrogen) atoms. The number of aryl methyl sites for hydroxylation is 1. The molecule has 1 heterocycles. The van der Waals surface area contributed by atoms with Crippen LogP contribution in [0.25, 0.3) is 10.9 Å². The second-order valence-electron chi connectivity index (χ2n) is 7.28. The Labute approximate surface area is 147 Å². The molecule has 1 aromatic heterocycles. The average molecular weight is 334 g/mol. The molecule has 0 radical (unpaired) electrons. The molecular weight excluding hydrogens is 312 g/mol. The number of para-hydroxylation sites is 1. The van der Waals surface area contributed by atoms with Gasteiger partial charge in [-0.2, -0.15) is 0 Å². The first-order chi connectivity index (χ1) is 11.8. The molecule has 1 N–H and O–H groups in total. The second-order valence-corrected chi connectivity index (χ2v) is 7.28. The smallest absolute Gasteiger partial charge is 0.296 e. The Morgan fingerprint density at radius 2 is 1.60 bits per heavy atom. The summed E-state index contributed by atoms with van der Waals surface area (Å²) < 4.78 is 1.86. The van der Waals surface area contributed by atoms with Gasteiger partial charge in [0.1, 0.15) is 0 Å². The molecular formula is C21H22N2O2. The van der Waals surface area contributed by atoms with Crippen LogP contribution in [0.15, 0.2) is 54.7 Å². The summed E-state index contributed by atoms with van der Waals surface area (Å²) in [5.41, 5.74) is 3.17. The summed E-state index contributed by atoms with van der Waals surface area (Å²) in [6.45, 7) is 6.39. The normalized spacial score (nSPS) is 11.5. The molecule has 3 rings (SSSR count). The molecule has 0 spiro atoms. The third-order valence-corrected chi connectivity index (χ3v) is 4.36. The van der Waals surface area contributed by atoms with Gasteiger partial charge < -0.3 is 9.88 Å². The first kappa shape index (κ1) is 17.0. The molecule has 0 saturated carbocycles. The predicted molar refractivity (Wildman–Crippen MR) is 101 cm³/mol. The summed E-state index contributed by atoms with van der Waals surface area (Å²) in [6.07, 6.45) is 1.70. The molecule has 2 aromatic carbocycles. The van der Waals surface area contributed by atoms with Gasteiger partial charge in [0.15, 0.2) is 0 Å². The quantitative estimate of drug-likeness (QED) is 0.573. The van der Waals surface area contributed by atoms with Gasteiger partial charge in [0.2, 0.25) is 0 Å². The Hall–Kier alpha value is -2.88. The topological polar surface area (TPSA) is 51.1 Å². The van der Waals surface area contributed by atoms with Crippen molar-refractivity contribution in [2.45, 2.75) is 26.2 Å². The Morgan fingerprint density at radius 3 is 2.24 bits per heavy atom. The van der Waals surface area contributed by atoms with E-state index in [1.165, 1.54) is 5.56 Å². The SMILES string of the molecule is Cn1cc(C(=O)C(=O)Nc2ccc(C(C)(C)C)cc2)c2ccccc21. The van der Waals surface area contributed by atoms with E-state index in [0.29, 0.717) is 11.3 Å². The van der Waals surface area contributed by atoms with Crippen LogP contribution in [0.1, 0.15) is 36.7 Å². The van der Waals surface area contributed by atoms with Crippen molar-refractivity contribution in [2.75, 3.05) is 5.32 Å². The van der Waals surface area contributed by atoms with Crippen LogP contribution in [0.5, 0.6) is 0 Å². The number of carbonyl (C=O) groups is 2. The van der Waals surface area contributed by atoms with Gasteiger partial charge in [-0.05, 0) is 29.2 Å². The Bertz CT molecular complexity index is 944. The molecule has 1 amide bonds. The fourth-order valence-electron chi connectivity index (χ4n) is 2.89. The summed E-state index contributed by atoms with van der Waals surface area (Å²) in [6, 6.07) is 15.2. The lowest BCUT2D eigenvalue weighted by molar-refractivity contribution is -0.112. The summed E-state index contributed by atoms with van der Waals surface area (Å²) in [5, 5.41) is 3.48. The molecule has 128 valence electrons. The van der Waals surface area contributed by atoms with E-state index in [9.17, 15) is 9.59 Å². The van der Waals surface area contributed by atoms with Crippen molar-refractivity contribution in [1.82, 2.24) is 4.57 Å². The minimum absolute atomic E-state index is 0.0430. The monoisotopic (exact) mass is 334 g/mol. The van der Waals surface area contributed by atoms with Crippen molar-refractivity contribution < 1.29 is 9.59 Å². The minimum atomic E-state index is -0.625. The van der Waals surface area contributed by atoms with Crippen LogP contribution in [-0.4, -0.2) is 16.3 Å². The summed E-state index contributed by atoms with van der Waals surface area (Å²) >= 11 is 0. The number of benzene rings is 2. The van der Waals surface area contributed by atoms with E-state index < -0.39 is 11.7 Å². The molecule has 0 fully saturated rings. The van der Waals surface area contributed by atoms with Crippen molar-refractivity contribution in [3.8, 4) is 0 Å². The number of aromatic nitrogens is 1. The zero-order valence-electron chi connectivity index (χ0n) is 15.0. The molecule has 0 bridgehead atoms.